The van der Waals surface area contributed by atoms with Crippen LogP contribution in [0.1, 0.15) is 30.4 Å². The van der Waals surface area contributed by atoms with E-state index in [1.165, 1.54) is 0 Å². The fourth-order valence-electron chi connectivity index (χ4n) is 1.48. The van der Waals surface area contributed by atoms with Crippen LogP contribution in [-0.4, -0.2) is 15.9 Å². The Morgan fingerprint density at radius 1 is 1.32 bits per heavy atom. The second-order valence-electron chi connectivity index (χ2n) is 5.09. The molecular formula is C14H14ClNO2S. The largest absolute Gasteiger partial charge is 0.456 e. The molecule has 2 aromatic rings. The highest BCUT2D eigenvalue weighted by atomic mass is 35.5. The van der Waals surface area contributed by atoms with Gasteiger partial charge in [-0.3, -0.25) is 0 Å². The molecule has 0 amide bonds. The molecular weight excluding hydrogens is 282 g/mol. The lowest BCUT2D eigenvalue weighted by atomic mass is 10.1. The quantitative estimate of drug-likeness (QED) is 0.770. The zero-order chi connectivity index (χ0) is 14.0. The molecule has 1 heterocycles. The lowest BCUT2D eigenvalue weighted by Gasteiger charge is -2.18. The third-order valence-corrected chi connectivity index (χ3v) is 3.23. The summed E-state index contributed by atoms with van der Waals surface area (Å²) in [5.41, 5.74) is 1.11. The van der Waals surface area contributed by atoms with Crippen LogP contribution < -0.4 is 0 Å². The molecule has 0 spiro atoms. The summed E-state index contributed by atoms with van der Waals surface area (Å²) in [6, 6.07) is 9.09. The molecule has 5 heteroatoms. The number of benzene rings is 1. The van der Waals surface area contributed by atoms with E-state index >= 15 is 0 Å². The average Bonchev–Trinajstić information content (AvgIpc) is 2.75. The SMILES string of the molecule is CC(C)(C)OC(=O)c1cc(-c2cccc(Cl)c2)ns1. The molecule has 19 heavy (non-hydrogen) atoms. The molecule has 0 N–H and O–H groups in total. The predicted octanol–water partition coefficient (Wildman–Crippen LogP) is 4.42. The monoisotopic (exact) mass is 295 g/mol. The zero-order valence-corrected chi connectivity index (χ0v) is 12.5. The molecule has 0 bridgehead atoms. The highest BCUT2D eigenvalue weighted by Crippen LogP contribution is 2.25. The second kappa shape index (κ2) is 5.31. The van der Waals surface area contributed by atoms with Gasteiger partial charge in [-0.2, -0.15) is 4.37 Å². The summed E-state index contributed by atoms with van der Waals surface area (Å²) in [5, 5.41) is 0.643. The Morgan fingerprint density at radius 2 is 2.05 bits per heavy atom. The Balaban J connectivity index is 2.22. The maximum atomic E-state index is 11.9. The summed E-state index contributed by atoms with van der Waals surface area (Å²) in [4.78, 5) is 12.4. The molecule has 0 fully saturated rings. The molecule has 0 unspecified atom stereocenters. The Bertz CT molecular complexity index is 601. The lowest BCUT2D eigenvalue weighted by molar-refractivity contribution is 0.00753. The molecule has 0 atom stereocenters. The van der Waals surface area contributed by atoms with Gasteiger partial charge in [-0.15, -0.1) is 0 Å². The maximum Gasteiger partial charge on any atom is 0.350 e. The van der Waals surface area contributed by atoms with Gasteiger partial charge >= 0.3 is 5.97 Å². The van der Waals surface area contributed by atoms with E-state index in [1.54, 1.807) is 12.1 Å². The summed E-state index contributed by atoms with van der Waals surface area (Å²) in [6.07, 6.45) is 0. The van der Waals surface area contributed by atoms with Gasteiger partial charge in [-0.05, 0) is 50.5 Å². The molecule has 1 aromatic carbocycles. The van der Waals surface area contributed by atoms with Crippen molar-refractivity contribution in [2.24, 2.45) is 0 Å². The first-order valence-electron chi connectivity index (χ1n) is 5.81. The average molecular weight is 296 g/mol. The van der Waals surface area contributed by atoms with Crippen LogP contribution in [0.4, 0.5) is 0 Å². The van der Waals surface area contributed by atoms with Crippen molar-refractivity contribution in [3.63, 3.8) is 0 Å². The number of ether oxygens (including phenoxy) is 1. The fourth-order valence-corrected chi connectivity index (χ4v) is 2.31. The van der Waals surface area contributed by atoms with Gasteiger partial charge < -0.3 is 4.74 Å². The third kappa shape index (κ3) is 3.78. The minimum atomic E-state index is -0.503. The zero-order valence-electron chi connectivity index (χ0n) is 10.9. The second-order valence-corrected chi connectivity index (χ2v) is 6.33. The molecule has 0 saturated carbocycles. The molecule has 0 aliphatic heterocycles. The Labute approximate surface area is 121 Å². The molecule has 0 aliphatic carbocycles. The predicted molar refractivity (Wildman–Crippen MR) is 77.7 cm³/mol. The first-order chi connectivity index (χ1) is 8.85. The van der Waals surface area contributed by atoms with Crippen LogP contribution in [-0.2, 0) is 4.74 Å². The van der Waals surface area contributed by atoms with Crippen molar-refractivity contribution in [1.29, 1.82) is 0 Å². The number of rotatable bonds is 2. The molecule has 1 aromatic heterocycles. The molecule has 100 valence electrons. The number of hydrogen-bond acceptors (Lipinski definition) is 4. The number of halogens is 1. The molecule has 3 nitrogen and oxygen atoms in total. The van der Waals surface area contributed by atoms with E-state index < -0.39 is 5.60 Å². The minimum Gasteiger partial charge on any atom is -0.456 e. The molecule has 0 saturated heterocycles. The van der Waals surface area contributed by atoms with Gasteiger partial charge in [0.05, 0.1) is 5.69 Å². The standard InChI is InChI=1S/C14H14ClNO2S/c1-14(2,3)18-13(17)12-8-11(16-19-12)9-5-4-6-10(15)7-9/h4-8H,1-3H3. The van der Waals surface area contributed by atoms with Crippen molar-refractivity contribution in [1.82, 2.24) is 4.37 Å². The van der Waals surface area contributed by atoms with Crippen molar-refractivity contribution < 1.29 is 9.53 Å². The van der Waals surface area contributed by atoms with E-state index in [0.717, 1.165) is 22.8 Å². The van der Waals surface area contributed by atoms with Crippen molar-refractivity contribution in [2.45, 2.75) is 26.4 Å². The van der Waals surface area contributed by atoms with Gasteiger partial charge in [-0.1, -0.05) is 23.7 Å². The number of carbonyl (C=O) groups is 1. The van der Waals surface area contributed by atoms with Gasteiger partial charge in [0.15, 0.2) is 0 Å². The number of nitrogens with zero attached hydrogens (tertiary/aromatic N) is 1. The van der Waals surface area contributed by atoms with Crippen LogP contribution in [0.2, 0.25) is 5.02 Å². The third-order valence-electron chi connectivity index (χ3n) is 2.23. The van der Waals surface area contributed by atoms with E-state index in [0.29, 0.717) is 9.90 Å². The highest BCUT2D eigenvalue weighted by Gasteiger charge is 2.20. The van der Waals surface area contributed by atoms with Crippen LogP contribution in [0.3, 0.4) is 0 Å². The van der Waals surface area contributed by atoms with Crippen molar-refractivity contribution in [2.75, 3.05) is 0 Å². The molecule has 0 aliphatic rings. The number of hydrogen-bond donors (Lipinski definition) is 0. The fraction of sp³-hybridized carbons (Fsp3) is 0.286. The van der Waals surface area contributed by atoms with Crippen LogP contribution in [0.15, 0.2) is 30.3 Å². The number of esters is 1. The van der Waals surface area contributed by atoms with Gasteiger partial charge in [0.1, 0.15) is 10.5 Å². The number of aromatic nitrogens is 1. The topological polar surface area (TPSA) is 39.2 Å². The summed E-state index contributed by atoms with van der Waals surface area (Å²) in [7, 11) is 0. The van der Waals surface area contributed by atoms with Crippen molar-refractivity contribution >= 4 is 29.1 Å². The normalized spacial score (nSPS) is 11.4. The van der Waals surface area contributed by atoms with Crippen LogP contribution in [0.5, 0.6) is 0 Å². The van der Waals surface area contributed by atoms with Crippen LogP contribution in [0.25, 0.3) is 11.3 Å². The van der Waals surface area contributed by atoms with Gasteiger partial charge in [-0.25, -0.2) is 4.79 Å². The molecule has 0 radical (unpaired) electrons. The van der Waals surface area contributed by atoms with E-state index in [9.17, 15) is 4.79 Å². The highest BCUT2D eigenvalue weighted by molar-refractivity contribution is 7.08. The first kappa shape index (κ1) is 14.0. The summed E-state index contributed by atoms with van der Waals surface area (Å²) in [6.45, 7) is 5.51. The minimum absolute atomic E-state index is 0.349. The van der Waals surface area contributed by atoms with Crippen LogP contribution in [0, 0.1) is 0 Å². The van der Waals surface area contributed by atoms with Crippen molar-refractivity contribution in [3.8, 4) is 11.3 Å². The molecule has 2 rings (SSSR count). The first-order valence-corrected chi connectivity index (χ1v) is 6.96. The lowest BCUT2D eigenvalue weighted by Crippen LogP contribution is -2.23. The smallest absolute Gasteiger partial charge is 0.350 e. The summed E-state index contributed by atoms with van der Waals surface area (Å²) >= 11 is 7.07. The van der Waals surface area contributed by atoms with Crippen molar-refractivity contribution in [3.05, 3.63) is 40.2 Å². The van der Waals surface area contributed by atoms with E-state index in [1.807, 2.05) is 39.0 Å². The Morgan fingerprint density at radius 3 is 2.68 bits per heavy atom. The van der Waals surface area contributed by atoms with Gasteiger partial charge in [0.25, 0.3) is 0 Å². The Kier molecular flexibility index (Phi) is 3.92. The van der Waals surface area contributed by atoms with Gasteiger partial charge in [0.2, 0.25) is 0 Å². The Hall–Kier alpha value is -1.39. The summed E-state index contributed by atoms with van der Waals surface area (Å²) < 4.78 is 9.56. The van der Waals surface area contributed by atoms with Gasteiger partial charge in [0, 0.05) is 10.6 Å². The summed E-state index contributed by atoms with van der Waals surface area (Å²) in [5.74, 6) is -0.349. The van der Waals surface area contributed by atoms with Crippen LogP contribution >= 0.6 is 23.1 Å². The number of carbonyl (C=O) groups excluding carboxylic acids is 1. The van der Waals surface area contributed by atoms with E-state index in [4.69, 9.17) is 16.3 Å². The maximum absolute atomic E-state index is 11.9. The van der Waals surface area contributed by atoms with E-state index in [-0.39, 0.29) is 5.97 Å². The van der Waals surface area contributed by atoms with E-state index in [2.05, 4.69) is 4.37 Å².